The van der Waals surface area contributed by atoms with Crippen molar-refractivity contribution in [1.82, 2.24) is 10.3 Å². The molecule has 0 amide bonds. The lowest BCUT2D eigenvalue weighted by Gasteiger charge is -2.04. The van der Waals surface area contributed by atoms with Crippen molar-refractivity contribution in [2.45, 2.75) is 18.6 Å². The second kappa shape index (κ2) is 6.38. The third-order valence-electron chi connectivity index (χ3n) is 2.42. The Bertz CT molecular complexity index is 668. The Balaban J connectivity index is 2.13. The summed E-state index contributed by atoms with van der Waals surface area (Å²) in [6.45, 7) is 3.23. The lowest BCUT2D eigenvalue weighted by atomic mass is 10.4. The van der Waals surface area contributed by atoms with Crippen molar-refractivity contribution in [2.24, 2.45) is 0 Å². The van der Waals surface area contributed by atoms with Crippen LogP contribution in [-0.4, -0.2) is 19.9 Å². The second-order valence-corrected chi connectivity index (χ2v) is 6.50. The van der Waals surface area contributed by atoms with Crippen molar-refractivity contribution >= 4 is 31.8 Å². The van der Waals surface area contributed by atoms with Gasteiger partial charge in [0.25, 0.3) is 10.0 Å². The number of hydrogen-bond acceptors (Lipinski definition) is 5. The highest BCUT2D eigenvalue weighted by atomic mass is 79.9. The molecule has 0 saturated heterocycles. The molecule has 0 atom stereocenters. The molecule has 8 heteroatoms. The molecule has 6 nitrogen and oxygen atoms in total. The standard InChI is InChI=1S/C12H14BrN3O3S/c1-2-14-8-10-4-6-12(19-10)20(17,18)16-11-5-3-9(13)7-15-11/h3-7,14H,2,8H2,1H3,(H,15,16). The third-order valence-corrected chi connectivity index (χ3v) is 4.11. The van der Waals surface area contributed by atoms with Crippen molar-refractivity contribution in [3.05, 3.63) is 40.7 Å². The maximum absolute atomic E-state index is 12.1. The zero-order valence-electron chi connectivity index (χ0n) is 10.8. The van der Waals surface area contributed by atoms with E-state index in [1.807, 2.05) is 6.92 Å². The van der Waals surface area contributed by atoms with Crippen LogP contribution < -0.4 is 10.0 Å². The van der Waals surface area contributed by atoms with Gasteiger partial charge in [0.2, 0.25) is 5.09 Å². The normalized spacial score (nSPS) is 11.5. The van der Waals surface area contributed by atoms with E-state index in [0.717, 1.165) is 11.0 Å². The van der Waals surface area contributed by atoms with Gasteiger partial charge in [0.1, 0.15) is 11.6 Å². The van der Waals surface area contributed by atoms with Crippen LogP contribution in [0.15, 0.2) is 44.4 Å². The lowest BCUT2D eigenvalue weighted by Crippen LogP contribution is -2.13. The minimum absolute atomic E-state index is 0.130. The second-order valence-electron chi connectivity index (χ2n) is 3.97. The van der Waals surface area contributed by atoms with Gasteiger partial charge in [-0.25, -0.2) is 4.98 Å². The third kappa shape index (κ3) is 3.81. The van der Waals surface area contributed by atoms with Gasteiger partial charge in [-0.1, -0.05) is 6.92 Å². The molecule has 0 fully saturated rings. The van der Waals surface area contributed by atoms with Crippen molar-refractivity contribution in [2.75, 3.05) is 11.3 Å². The quantitative estimate of drug-likeness (QED) is 0.826. The Hall–Kier alpha value is -1.38. The fraction of sp³-hybridized carbons (Fsp3) is 0.250. The molecule has 0 aromatic carbocycles. The van der Waals surface area contributed by atoms with E-state index in [2.05, 4.69) is 31.0 Å². The Kier molecular flexibility index (Phi) is 4.79. The lowest BCUT2D eigenvalue weighted by molar-refractivity contribution is 0.405. The van der Waals surface area contributed by atoms with Crippen molar-refractivity contribution < 1.29 is 12.8 Å². The van der Waals surface area contributed by atoms with Gasteiger partial charge in [-0.3, -0.25) is 4.72 Å². The fourth-order valence-electron chi connectivity index (χ4n) is 1.47. The van der Waals surface area contributed by atoms with Gasteiger partial charge in [-0.05, 0) is 46.7 Å². The summed E-state index contributed by atoms with van der Waals surface area (Å²) < 4.78 is 32.6. The molecule has 2 N–H and O–H groups in total. The molecular weight excluding hydrogens is 346 g/mol. The summed E-state index contributed by atoms with van der Waals surface area (Å²) in [6, 6.07) is 6.31. The molecule has 0 spiro atoms. The van der Waals surface area contributed by atoms with E-state index < -0.39 is 10.0 Å². The number of rotatable bonds is 6. The van der Waals surface area contributed by atoms with Crippen LogP contribution in [0.1, 0.15) is 12.7 Å². The maximum atomic E-state index is 12.1. The molecule has 108 valence electrons. The summed E-state index contributed by atoms with van der Waals surface area (Å²) >= 11 is 3.23. The molecule has 0 aliphatic carbocycles. The van der Waals surface area contributed by atoms with Gasteiger partial charge in [0.05, 0.1) is 6.54 Å². The average Bonchev–Trinajstić information content (AvgIpc) is 2.88. The fourth-order valence-corrected chi connectivity index (χ4v) is 2.67. The first-order chi connectivity index (χ1) is 9.51. The zero-order chi connectivity index (χ0) is 14.6. The number of aromatic nitrogens is 1. The van der Waals surface area contributed by atoms with Crippen LogP contribution in [0.3, 0.4) is 0 Å². The molecule has 20 heavy (non-hydrogen) atoms. The number of nitrogens with one attached hydrogen (secondary N) is 2. The van der Waals surface area contributed by atoms with Crippen LogP contribution in [0.2, 0.25) is 0 Å². The first kappa shape index (κ1) is 15.0. The summed E-state index contributed by atoms with van der Waals surface area (Å²) in [5.74, 6) is 0.800. The van der Waals surface area contributed by atoms with E-state index in [1.54, 1.807) is 18.2 Å². The minimum atomic E-state index is -3.75. The molecule has 2 heterocycles. The summed E-state index contributed by atoms with van der Waals surface area (Å²) in [6.07, 6.45) is 1.51. The number of halogens is 1. The van der Waals surface area contributed by atoms with E-state index in [9.17, 15) is 8.42 Å². The van der Waals surface area contributed by atoms with E-state index >= 15 is 0 Å². The summed E-state index contributed by atoms with van der Waals surface area (Å²) in [7, 11) is -3.75. The van der Waals surface area contributed by atoms with E-state index in [4.69, 9.17) is 4.42 Å². The number of sulfonamides is 1. The number of furan rings is 1. The smallest absolute Gasteiger partial charge is 0.296 e. The van der Waals surface area contributed by atoms with Gasteiger partial charge in [0, 0.05) is 10.7 Å². The van der Waals surface area contributed by atoms with Crippen LogP contribution in [0.5, 0.6) is 0 Å². The summed E-state index contributed by atoms with van der Waals surface area (Å²) in [4.78, 5) is 3.95. The first-order valence-corrected chi connectivity index (χ1v) is 8.22. The highest BCUT2D eigenvalue weighted by Crippen LogP contribution is 2.18. The number of nitrogens with zero attached hydrogens (tertiary/aromatic N) is 1. The molecule has 2 aromatic rings. The molecule has 0 bridgehead atoms. The van der Waals surface area contributed by atoms with Crippen LogP contribution >= 0.6 is 15.9 Å². The molecule has 0 radical (unpaired) electrons. The highest BCUT2D eigenvalue weighted by molar-refractivity contribution is 9.10. The molecule has 0 saturated carbocycles. The number of hydrogen-bond donors (Lipinski definition) is 2. The largest absolute Gasteiger partial charge is 0.446 e. The average molecular weight is 360 g/mol. The van der Waals surface area contributed by atoms with Crippen LogP contribution in [-0.2, 0) is 16.6 Å². The molecule has 0 unspecified atom stereocenters. The maximum Gasteiger partial charge on any atom is 0.296 e. The molecular formula is C12H14BrN3O3S. The van der Waals surface area contributed by atoms with Crippen LogP contribution in [0.25, 0.3) is 0 Å². The Morgan fingerprint density at radius 2 is 2.10 bits per heavy atom. The van der Waals surface area contributed by atoms with E-state index in [0.29, 0.717) is 12.3 Å². The SMILES string of the molecule is CCNCc1ccc(S(=O)(=O)Nc2ccc(Br)cn2)o1. The van der Waals surface area contributed by atoms with E-state index in [-0.39, 0.29) is 10.9 Å². The van der Waals surface area contributed by atoms with Gasteiger partial charge < -0.3 is 9.73 Å². The first-order valence-electron chi connectivity index (χ1n) is 5.95. The Morgan fingerprint density at radius 1 is 1.30 bits per heavy atom. The number of pyridine rings is 1. The van der Waals surface area contributed by atoms with Crippen LogP contribution in [0.4, 0.5) is 5.82 Å². The van der Waals surface area contributed by atoms with Gasteiger partial charge in [-0.15, -0.1) is 0 Å². The zero-order valence-corrected chi connectivity index (χ0v) is 13.2. The highest BCUT2D eigenvalue weighted by Gasteiger charge is 2.19. The molecule has 0 aliphatic rings. The van der Waals surface area contributed by atoms with Crippen molar-refractivity contribution in [3.8, 4) is 0 Å². The minimum Gasteiger partial charge on any atom is -0.446 e. The van der Waals surface area contributed by atoms with Crippen molar-refractivity contribution in [1.29, 1.82) is 0 Å². The Morgan fingerprint density at radius 3 is 2.75 bits per heavy atom. The number of anilines is 1. The van der Waals surface area contributed by atoms with E-state index in [1.165, 1.54) is 12.3 Å². The van der Waals surface area contributed by atoms with Crippen LogP contribution in [0, 0.1) is 0 Å². The van der Waals surface area contributed by atoms with Gasteiger partial charge >= 0.3 is 0 Å². The molecule has 2 rings (SSSR count). The monoisotopic (exact) mass is 359 g/mol. The predicted octanol–water partition coefficient (Wildman–Crippen LogP) is 2.35. The summed E-state index contributed by atoms with van der Waals surface area (Å²) in [5.41, 5.74) is 0. The van der Waals surface area contributed by atoms with Gasteiger partial charge in [0.15, 0.2) is 0 Å². The topological polar surface area (TPSA) is 84.2 Å². The molecule has 2 aromatic heterocycles. The predicted molar refractivity (Wildman–Crippen MR) is 78.8 cm³/mol. The van der Waals surface area contributed by atoms with Gasteiger partial charge in [-0.2, -0.15) is 8.42 Å². The Labute approximate surface area is 125 Å². The summed E-state index contributed by atoms with van der Waals surface area (Å²) in [5, 5.41) is 2.93. The molecule has 0 aliphatic heterocycles. The van der Waals surface area contributed by atoms with Crippen molar-refractivity contribution in [3.63, 3.8) is 0 Å².